The number of amides is 1. The molecule has 0 atom stereocenters. The van der Waals surface area contributed by atoms with Gasteiger partial charge in [0.15, 0.2) is 0 Å². The normalized spacial score (nSPS) is 17.1. The van der Waals surface area contributed by atoms with Crippen molar-refractivity contribution in [2.45, 2.75) is 6.42 Å². The van der Waals surface area contributed by atoms with Gasteiger partial charge in [0.25, 0.3) is 0 Å². The summed E-state index contributed by atoms with van der Waals surface area (Å²) in [6.07, 6.45) is 3.74. The van der Waals surface area contributed by atoms with Gasteiger partial charge in [0.1, 0.15) is 0 Å². The van der Waals surface area contributed by atoms with Crippen LogP contribution in [0.3, 0.4) is 0 Å². The minimum atomic E-state index is 0.845. The van der Waals surface area contributed by atoms with Crippen LogP contribution >= 0.6 is 15.9 Å². The second-order valence-electron chi connectivity index (χ2n) is 4.20. The third kappa shape index (κ3) is 3.78. The molecule has 0 saturated carbocycles. The van der Waals surface area contributed by atoms with Crippen molar-refractivity contribution in [1.82, 2.24) is 14.8 Å². The lowest BCUT2D eigenvalue weighted by atomic mass is 10.2. The molecule has 5 heteroatoms. The van der Waals surface area contributed by atoms with Crippen LogP contribution in [0.5, 0.6) is 0 Å². The van der Waals surface area contributed by atoms with Gasteiger partial charge in [-0.2, -0.15) is 0 Å². The Balaban J connectivity index is 1.75. The average molecular weight is 298 g/mol. The molecule has 0 radical (unpaired) electrons. The number of pyridine rings is 1. The van der Waals surface area contributed by atoms with Gasteiger partial charge in [-0.05, 0) is 28.1 Å². The van der Waals surface area contributed by atoms with Gasteiger partial charge in [0.2, 0.25) is 6.41 Å². The van der Waals surface area contributed by atoms with Gasteiger partial charge in [-0.1, -0.05) is 0 Å². The molecule has 1 aromatic heterocycles. The molecule has 1 fully saturated rings. The molecule has 17 heavy (non-hydrogen) atoms. The molecule has 1 aliphatic heterocycles. The standard InChI is InChI=1S/C12H16BrN3O/c13-11-1-2-12(14-9-11)3-4-15-5-7-16(10-17)8-6-15/h1-2,9-10H,3-8H2. The van der Waals surface area contributed by atoms with Crippen LogP contribution in [0.2, 0.25) is 0 Å². The first-order valence-electron chi connectivity index (χ1n) is 5.80. The Kier molecular flexibility index (Phi) is 4.50. The summed E-state index contributed by atoms with van der Waals surface area (Å²) in [5.74, 6) is 0. The summed E-state index contributed by atoms with van der Waals surface area (Å²) in [6.45, 7) is 4.64. The maximum atomic E-state index is 10.6. The molecule has 0 spiro atoms. The quantitative estimate of drug-likeness (QED) is 0.783. The van der Waals surface area contributed by atoms with E-state index in [2.05, 4.69) is 25.8 Å². The molecule has 1 saturated heterocycles. The number of carbonyl (C=O) groups excluding carboxylic acids is 1. The zero-order chi connectivity index (χ0) is 12.1. The van der Waals surface area contributed by atoms with Crippen LogP contribution < -0.4 is 0 Å². The maximum Gasteiger partial charge on any atom is 0.209 e. The van der Waals surface area contributed by atoms with Gasteiger partial charge in [0, 0.05) is 55.5 Å². The highest BCUT2D eigenvalue weighted by Crippen LogP contribution is 2.08. The van der Waals surface area contributed by atoms with E-state index in [1.54, 1.807) is 0 Å². The first kappa shape index (κ1) is 12.5. The molecule has 0 N–H and O–H groups in total. The number of piperazine rings is 1. The van der Waals surface area contributed by atoms with Crippen molar-refractivity contribution in [1.29, 1.82) is 0 Å². The van der Waals surface area contributed by atoms with Crippen molar-refractivity contribution in [3.05, 3.63) is 28.5 Å². The van der Waals surface area contributed by atoms with Crippen molar-refractivity contribution in [3.8, 4) is 0 Å². The summed E-state index contributed by atoms with van der Waals surface area (Å²) >= 11 is 3.38. The number of halogens is 1. The summed E-state index contributed by atoms with van der Waals surface area (Å²) < 4.78 is 1.01. The third-order valence-electron chi connectivity index (χ3n) is 3.03. The minimum Gasteiger partial charge on any atom is -0.343 e. The van der Waals surface area contributed by atoms with Crippen molar-refractivity contribution < 1.29 is 4.79 Å². The van der Waals surface area contributed by atoms with Gasteiger partial charge < -0.3 is 4.90 Å². The monoisotopic (exact) mass is 297 g/mol. The third-order valence-corrected chi connectivity index (χ3v) is 3.50. The van der Waals surface area contributed by atoms with Gasteiger partial charge >= 0.3 is 0 Å². The molecule has 0 aliphatic carbocycles. The van der Waals surface area contributed by atoms with Crippen LogP contribution in [0, 0.1) is 0 Å². The zero-order valence-electron chi connectivity index (χ0n) is 9.68. The van der Waals surface area contributed by atoms with E-state index in [4.69, 9.17) is 0 Å². The highest BCUT2D eigenvalue weighted by Gasteiger charge is 2.14. The van der Waals surface area contributed by atoms with E-state index in [0.717, 1.165) is 55.7 Å². The number of hydrogen-bond donors (Lipinski definition) is 0. The van der Waals surface area contributed by atoms with E-state index in [0.29, 0.717) is 0 Å². The Morgan fingerprint density at radius 1 is 1.29 bits per heavy atom. The fraction of sp³-hybridized carbons (Fsp3) is 0.500. The summed E-state index contributed by atoms with van der Waals surface area (Å²) in [4.78, 5) is 19.1. The molecular weight excluding hydrogens is 282 g/mol. The van der Waals surface area contributed by atoms with Crippen LogP contribution in [-0.4, -0.2) is 53.9 Å². The molecule has 1 amide bonds. The van der Waals surface area contributed by atoms with Gasteiger partial charge in [-0.25, -0.2) is 0 Å². The molecule has 1 aliphatic rings. The number of rotatable bonds is 4. The molecule has 0 aromatic carbocycles. The van der Waals surface area contributed by atoms with E-state index < -0.39 is 0 Å². The SMILES string of the molecule is O=CN1CCN(CCc2ccc(Br)cn2)CC1. The van der Waals surface area contributed by atoms with E-state index in [9.17, 15) is 4.79 Å². The van der Waals surface area contributed by atoms with Crippen LogP contribution in [0.4, 0.5) is 0 Å². The van der Waals surface area contributed by atoms with Crippen molar-refractivity contribution in [2.75, 3.05) is 32.7 Å². The first-order valence-corrected chi connectivity index (χ1v) is 6.59. The van der Waals surface area contributed by atoms with E-state index in [1.165, 1.54) is 0 Å². The molecule has 0 bridgehead atoms. The second-order valence-corrected chi connectivity index (χ2v) is 5.12. The summed E-state index contributed by atoms with van der Waals surface area (Å²) in [6, 6.07) is 4.07. The molecule has 4 nitrogen and oxygen atoms in total. The topological polar surface area (TPSA) is 36.4 Å². The summed E-state index contributed by atoms with van der Waals surface area (Å²) in [5, 5.41) is 0. The van der Waals surface area contributed by atoms with Crippen molar-refractivity contribution in [3.63, 3.8) is 0 Å². The Labute approximate surface area is 110 Å². The fourth-order valence-electron chi connectivity index (χ4n) is 1.92. The summed E-state index contributed by atoms with van der Waals surface area (Å²) in [5.41, 5.74) is 1.12. The summed E-state index contributed by atoms with van der Waals surface area (Å²) in [7, 11) is 0. The molecule has 0 unspecified atom stereocenters. The first-order chi connectivity index (χ1) is 8.28. The molecular formula is C12H16BrN3O. The Morgan fingerprint density at radius 3 is 2.65 bits per heavy atom. The minimum absolute atomic E-state index is 0.845. The fourth-order valence-corrected chi connectivity index (χ4v) is 2.15. The highest BCUT2D eigenvalue weighted by atomic mass is 79.9. The van der Waals surface area contributed by atoms with E-state index in [1.807, 2.05) is 23.2 Å². The van der Waals surface area contributed by atoms with Crippen LogP contribution in [0.15, 0.2) is 22.8 Å². The second kappa shape index (κ2) is 6.12. The Morgan fingerprint density at radius 2 is 2.06 bits per heavy atom. The lowest BCUT2D eigenvalue weighted by Gasteiger charge is -2.32. The number of carbonyl (C=O) groups is 1. The molecule has 2 heterocycles. The predicted octanol–water partition coefficient (Wildman–Crippen LogP) is 1.16. The lowest BCUT2D eigenvalue weighted by Crippen LogP contribution is -2.46. The lowest BCUT2D eigenvalue weighted by molar-refractivity contribution is -0.119. The Bertz CT molecular complexity index is 361. The van der Waals surface area contributed by atoms with Gasteiger partial charge in [-0.15, -0.1) is 0 Å². The van der Waals surface area contributed by atoms with Crippen LogP contribution in [0.25, 0.3) is 0 Å². The van der Waals surface area contributed by atoms with Crippen LogP contribution in [0.1, 0.15) is 5.69 Å². The van der Waals surface area contributed by atoms with Gasteiger partial charge in [-0.3, -0.25) is 14.7 Å². The highest BCUT2D eigenvalue weighted by molar-refractivity contribution is 9.10. The van der Waals surface area contributed by atoms with Gasteiger partial charge in [0.05, 0.1) is 0 Å². The van der Waals surface area contributed by atoms with Crippen LogP contribution in [-0.2, 0) is 11.2 Å². The average Bonchev–Trinajstić information content (AvgIpc) is 2.39. The van der Waals surface area contributed by atoms with E-state index >= 15 is 0 Å². The Hall–Kier alpha value is -0.940. The number of hydrogen-bond acceptors (Lipinski definition) is 3. The van der Waals surface area contributed by atoms with Crippen molar-refractivity contribution in [2.24, 2.45) is 0 Å². The molecule has 2 rings (SSSR count). The smallest absolute Gasteiger partial charge is 0.209 e. The zero-order valence-corrected chi connectivity index (χ0v) is 11.3. The number of nitrogens with zero attached hydrogens (tertiary/aromatic N) is 3. The predicted molar refractivity (Wildman–Crippen MR) is 69.7 cm³/mol. The van der Waals surface area contributed by atoms with E-state index in [-0.39, 0.29) is 0 Å². The maximum absolute atomic E-state index is 10.6. The largest absolute Gasteiger partial charge is 0.343 e. The molecule has 92 valence electrons. The van der Waals surface area contributed by atoms with Crippen molar-refractivity contribution >= 4 is 22.3 Å². The number of aromatic nitrogens is 1. The molecule has 1 aromatic rings.